The molecular formula is C24H38F3N5O2. The molecule has 0 aromatic carbocycles. The number of morpholine rings is 1. The molecule has 0 spiro atoms. The molecule has 1 saturated heterocycles. The number of ether oxygens (including phenoxy) is 2. The molecule has 1 saturated carbocycles. The van der Waals surface area contributed by atoms with Gasteiger partial charge in [-0.3, -0.25) is 9.58 Å². The predicted octanol–water partition coefficient (Wildman–Crippen LogP) is 5.54. The number of pyridine rings is 1. The van der Waals surface area contributed by atoms with Crippen LogP contribution in [0.25, 0.3) is 11.3 Å². The third-order valence-electron chi connectivity index (χ3n) is 5.77. The summed E-state index contributed by atoms with van der Waals surface area (Å²) in [6, 6.07) is 3.88. The first-order chi connectivity index (χ1) is 16.1. The first-order valence-corrected chi connectivity index (χ1v) is 12.0. The van der Waals surface area contributed by atoms with Crippen molar-refractivity contribution in [2.45, 2.75) is 72.3 Å². The largest absolute Gasteiger partial charge is 0.573 e. The van der Waals surface area contributed by atoms with Gasteiger partial charge in [-0.2, -0.15) is 5.10 Å². The Hall–Kier alpha value is -2.33. The topological polar surface area (TPSA) is 78.4 Å². The maximum absolute atomic E-state index is 12.2. The lowest BCUT2D eigenvalue weighted by Crippen LogP contribution is -2.42. The van der Waals surface area contributed by atoms with Gasteiger partial charge in [0.15, 0.2) is 11.6 Å². The molecule has 0 radical (unpaired) electrons. The van der Waals surface area contributed by atoms with Crippen molar-refractivity contribution in [2.75, 3.05) is 32.0 Å². The van der Waals surface area contributed by atoms with Crippen LogP contribution in [0, 0.1) is 5.92 Å². The molecule has 1 aliphatic heterocycles. The highest BCUT2D eigenvalue weighted by molar-refractivity contribution is 5.63. The lowest BCUT2D eigenvalue weighted by Gasteiger charge is -2.32. The highest BCUT2D eigenvalue weighted by Gasteiger charge is 2.32. The highest BCUT2D eigenvalue weighted by Crippen LogP contribution is 2.31. The van der Waals surface area contributed by atoms with Gasteiger partial charge < -0.3 is 15.2 Å². The lowest BCUT2D eigenvalue weighted by molar-refractivity contribution is -0.274. The molecule has 2 atom stereocenters. The maximum atomic E-state index is 12.2. The van der Waals surface area contributed by atoms with Crippen LogP contribution < -0.4 is 10.5 Å². The van der Waals surface area contributed by atoms with Gasteiger partial charge in [0.2, 0.25) is 0 Å². The summed E-state index contributed by atoms with van der Waals surface area (Å²) in [4.78, 5) is 6.32. The molecule has 2 fully saturated rings. The Bertz CT molecular complexity index is 864. The number of nitrogens with two attached hydrogens (primary N) is 1. The van der Waals surface area contributed by atoms with Gasteiger partial charge in [0, 0.05) is 43.1 Å². The van der Waals surface area contributed by atoms with Gasteiger partial charge >= 0.3 is 6.36 Å². The number of halogens is 3. The molecule has 2 unspecified atom stereocenters. The predicted molar refractivity (Wildman–Crippen MR) is 127 cm³/mol. The molecule has 2 aliphatic rings. The number of alkyl halides is 3. The van der Waals surface area contributed by atoms with Gasteiger partial charge in [-0.25, -0.2) is 4.98 Å². The van der Waals surface area contributed by atoms with Crippen LogP contribution >= 0.6 is 0 Å². The summed E-state index contributed by atoms with van der Waals surface area (Å²) in [5.41, 5.74) is 6.27. The summed E-state index contributed by atoms with van der Waals surface area (Å²) in [6.45, 7) is 14.5. The van der Waals surface area contributed by atoms with E-state index in [1.165, 1.54) is 31.5 Å². The maximum Gasteiger partial charge on any atom is 0.573 e. The molecule has 10 heteroatoms. The second-order valence-corrected chi connectivity index (χ2v) is 8.65. The first-order valence-electron chi connectivity index (χ1n) is 12.0. The standard InChI is InChI=1S/C12H13F3N4O.C10H19NO.C2H6/c1-7(2)19-4-3-9(18-19)8-5-10(11(16)17-6-8)20-12(13,14)15;1-9-2-3-10(8-9)11-4-6-12-7-5-11;1-2/h3-7H,1-2H3,(H2,16,17);9-10H,2-8H2,1H3;1-2H3. The van der Waals surface area contributed by atoms with E-state index in [1.807, 2.05) is 27.7 Å². The van der Waals surface area contributed by atoms with E-state index < -0.39 is 12.1 Å². The summed E-state index contributed by atoms with van der Waals surface area (Å²) in [5, 5.41) is 4.25. The fourth-order valence-electron chi connectivity index (χ4n) is 4.03. The molecule has 2 aromatic heterocycles. The van der Waals surface area contributed by atoms with Crippen molar-refractivity contribution in [3.63, 3.8) is 0 Å². The second kappa shape index (κ2) is 12.9. The Labute approximate surface area is 200 Å². The number of hydrogen-bond donors (Lipinski definition) is 1. The average Bonchev–Trinajstić information content (AvgIpc) is 3.47. The van der Waals surface area contributed by atoms with Crippen molar-refractivity contribution in [3.05, 3.63) is 24.5 Å². The molecule has 3 heterocycles. The van der Waals surface area contributed by atoms with Crippen LogP contribution in [0.2, 0.25) is 0 Å². The molecule has 0 amide bonds. The smallest absolute Gasteiger partial charge is 0.402 e. The van der Waals surface area contributed by atoms with Gasteiger partial charge in [0.25, 0.3) is 0 Å². The van der Waals surface area contributed by atoms with Crippen LogP contribution in [-0.2, 0) is 4.74 Å². The third kappa shape index (κ3) is 8.47. The fourth-order valence-corrected chi connectivity index (χ4v) is 4.03. The molecule has 2 aromatic rings. The van der Waals surface area contributed by atoms with Crippen molar-refractivity contribution in [2.24, 2.45) is 5.92 Å². The summed E-state index contributed by atoms with van der Waals surface area (Å²) in [6.07, 6.45) is 2.54. The van der Waals surface area contributed by atoms with Gasteiger partial charge in [-0.1, -0.05) is 20.8 Å². The number of nitrogen functional groups attached to an aromatic ring is 1. The normalized spacial score (nSPS) is 20.9. The van der Waals surface area contributed by atoms with Crippen LogP contribution in [0.5, 0.6) is 5.75 Å². The summed E-state index contributed by atoms with van der Waals surface area (Å²) in [5.74, 6) is 0.0984. The summed E-state index contributed by atoms with van der Waals surface area (Å²) >= 11 is 0. The van der Waals surface area contributed by atoms with E-state index in [-0.39, 0.29) is 11.9 Å². The van der Waals surface area contributed by atoms with Crippen molar-refractivity contribution in [1.29, 1.82) is 0 Å². The lowest BCUT2D eigenvalue weighted by atomic mass is 10.1. The SMILES string of the molecule is CC.CC(C)n1ccc(-c2cnc(N)c(OC(F)(F)F)c2)n1.CC1CCC(N2CCOCC2)C1. The van der Waals surface area contributed by atoms with Crippen molar-refractivity contribution in [1.82, 2.24) is 19.7 Å². The van der Waals surface area contributed by atoms with Gasteiger partial charge in [0.05, 0.1) is 18.9 Å². The molecule has 4 rings (SSSR count). The van der Waals surface area contributed by atoms with Crippen molar-refractivity contribution in [3.8, 4) is 17.0 Å². The van der Waals surface area contributed by atoms with E-state index in [9.17, 15) is 13.2 Å². The zero-order chi connectivity index (χ0) is 25.3. The minimum Gasteiger partial charge on any atom is -0.402 e. The van der Waals surface area contributed by atoms with Gasteiger partial charge in [-0.15, -0.1) is 13.2 Å². The molecule has 2 N–H and O–H groups in total. The molecule has 192 valence electrons. The van der Waals surface area contributed by atoms with Crippen molar-refractivity contribution >= 4 is 5.82 Å². The Kier molecular flexibility index (Phi) is 10.6. The number of nitrogens with zero attached hydrogens (tertiary/aromatic N) is 4. The molecule has 1 aliphatic carbocycles. The summed E-state index contributed by atoms with van der Waals surface area (Å²) in [7, 11) is 0. The van der Waals surface area contributed by atoms with E-state index >= 15 is 0 Å². The zero-order valence-corrected chi connectivity index (χ0v) is 20.8. The molecule has 0 bridgehead atoms. The average molecular weight is 486 g/mol. The van der Waals surface area contributed by atoms with Gasteiger partial charge in [0.1, 0.15) is 0 Å². The number of hydrogen-bond acceptors (Lipinski definition) is 6. The van der Waals surface area contributed by atoms with E-state index in [0.717, 1.165) is 38.3 Å². The van der Waals surface area contributed by atoms with Crippen LogP contribution in [0.4, 0.5) is 19.0 Å². The van der Waals surface area contributed by atoms with Crippen molar-refractivity contribution < 1.29 is 22.6 Å². The molecule has 7 nitrogen and oxygen atoms in total. The number of rotatable bonds is 4. The van der Waals surface area contributed by atoms with Crippen LogP contribution in [0.1, 0.15) is 59.9 Å². The quantitative estimate of drug-likeness (QED) is 0.613. The second-order valence-electron chi connectivity index (χ2n) is 8.65. The van der Waals surface area contributed by atoms with Crippen LogP contribution in [0.3, 0.4) is 0 Å². The fraction of sp³-hybridized carbons (Fsp3) is 0.667. The Morgan fingerprint density at radius 1 is 1.18 bits per heavy atom. The number of anilines is 1. The minimum absolute atomic E-state index is 0.149. The number of aromatic nitrogens is 3. The van der Waals surface area contributed by atoms with Crippen LogP contribution in [0.15, 0.2) is 24.5 Å². The Morgan fingerprint density at radius 2 is 1.85 bits per heavy atom. The Balaban J connectivity index is 0.000000248. The monoisotopic (exact) mass is 485 g/mol. The molecule has 34 heavy (non-hydrogen) atoms. The molecular weight excluding hydrogens is 447 g/mol. The van der Waals surface area contributed by atoms with Gasteiger partial charge in [-0.05, 0) is 51.2 Å². The van der Waals surface area contributed by atoms with Crippen LogP contribution in [-0.4, -0.2) is 58.4 Å². The van der Waals surface area contributed by atoms with E-state index in [1.54, 1.807) is 16.9 Å². The van der Waals surface area contributed by atoms with E-state index in [0.29, 0.717) is 11.3 Å². The van der Waals surface area contributed by atoms with E-state index in [4.69, 9.17) is 10.5 Å². The van der Waals surface area contributed by atoms with E-state index in [2.05, 4.69) is 26.6 Å². The summed E-state index contributed by atoms with van der Waals surface area (Å²) < 4.78 is 47.6. The highest BCUT2D eigenvalue weighted by atomic mass is 19.4. The Morgan fingerprint density at radius 3 is 2.38 bits per heavy atom. The minimum atomic E-state index is -4.81. The third-order valence-corrected chi connectivity index (χ3v) is 5.77. The zero-order valence-electron chi connectivity index (χ0n) is 20.8. The first kappa shape index (κ1) is 27.9.